The second-order valence-electron chi connectivity index (χ2n) is 7.85. The zero-order valence-corrected chi connectivity index (χ0v) is 19.6. The summed E-state index contributed by atoms with van der Waals surface area (Å²) in [4.78, 5) is 18.0. The van der Waals surface area contributed by atoms with Gasteiger partial charge >= 0.3 is 0 Å². The Labute approximate surface area is 199 Å². The van der Waals surface area contributed by atoms with Crippen molar-refractivity contribution in [1.29, 1.82) is 0 Å². The predicted molar refractivity (Wildman–Crippen MR) is 133 cm³/mol. The van der Waals surface area contributed by atoms with Crippen molar-refractivity contribution in [2.45, 2.75) is 6.04 Å². The number of anilines is 2. The van der Waals surface area contributed by atoms with Crippen molar-refractivity contribution < 1.29 is 14.3 Å². The molecule has 172 valence electrons. The van der Waals surface area contributed by atoms with Gasteiger partial charge in [-0.3, -0.25) is 9.69 Å². The Morgan fingerprint density at radius 2 is 1.55 bits per heavy atom. The van der Waals surface area contributed by atoms with Gasteiger partial charge in [0, 0.05) is 31.9 Å². The van der Waals surface area contributed by atoms with Crippen LogP contribution in [0.3, 0.4) is 0 Å². The van der Waals surface area contributed by atoms with Crippen LogP contribution >= 0.6 is 11.6 Å². The molecular weight excluding hydrogens is 438 g/mol. The molecule has 0 aromatic heterocycles. The molecule has 4 rings (SSSR count). The number of nitrogens with one attached hydrogen (secondary N) is 1. The molecule has 0 saturated carbocycles. The average Bonchev–Trinajstić information content (AvgIpc) is 2.85. The van der Waals surface area contributed by atoms with E-state index in [1.807, 2.05) is 48.5 Å². The van der Waals surface area contributed by atoms with Gasteiger partial charge in [0.15, 0.2) is 0 Å². The lowest BCUT2D eigenvalue weighted by molar-refractivity contribution is -0.121. The maximum absolute atomic E-state index is 13.5. The highest BCUT2D eigenvalue weighted by Crippen LogP contribution is 2.32. The van der Waals surface area contributed by atoms with Gasteiger partial charge in [0.25, 0.3) is 0 Å². The van der Waals surface area contributed by atoms with Crippen molar-refractivity contribution in [2.24, 2.45) is 0 Å². The number of hydrogen-bond acceptors (Lipinski definition) is 5. The Balaban J connectivity index is 1.52. The van der Waals surface area contributed by atoms with Crippen LogP contribution in [0.4, 0.5) is 11.4 Å². The quantitative estimate of drug-likeness (QED) is 0.540. The van der Waals surface area contributed by atoms with Crippen LogP contribution in [0.5, 0.6) is 11.5 Å². The first kappa shape index (κ1) is 23.0. The number of halogens is 1. The van der Waals surface area contributed by atoms with Gasteiger partial charge in [0.2, 0.25) is 5.91 Å². The van der Waals surface area contributed by atoms with Gasteiger partial charge in [0.1, 0.15) is 17.5 Å². The van der Waals surface area contributed by atoms with Gasteiger partial charge in [-0.05, 0) is 35.9 Å². The van der Waals surface area contributed by atoms with Crippen LogP contribution in [0.2, 0.25) is 5.02 Å². The lowest BCUT2D eigenvalue weighted by Gasteiger charge is -2.40. The molecule has 0 radical (unpaired) electrons. The van der Waals surface area contributed by atoms with Crippen LogP contribution in [0, 0.1) is 0 Å². The summed E-state index contributed by atoms with van der Waals surface area (Å²) in [5.74, 6) is 1.34. The van der Waals surface area contributed by atoms with Gasteiger partial charge in [-0.2, -0.15) is 0 Å². The Hall–Kier alpha value is -3.22. The molecule has 1 fully saturated rings. The van der Waals surface area contributed by atoms with Crippen LogP contribution < -0.4 is 19.7 Å². The average molecular weight is 466 g/mol. The molecule has 0 unspecified atom stereocenters. The van der Waals surface area contributed by atoms with Crippen LogP contribution in [0.1, 0.15) is 11.6 Å². The summed E-state index contributed by atoms with van der Waals surface area (Å²) in [6.07, 6.45) is 0. The summed E-state index contributed by atoms with van der Waals surface area (Å²) in [7, 11) is 3.26. The fourth-order valence-electron chi connectivity index (χ4n) is 4.23. The highest BCUT2D eigenvalue weighted by Gasteiger charge is 2.31. The number of methoxy groups -OCH3 is 2. The van der Waals surface area contributed by atoms with Gasteiger partial charge in [0.05, 0.1) is 24.9 Å². The van der Waals surface area contributed by atoms with E-state index >= 15 is 0 Å². The third-order valence-corrected chi connectivity index (χ3v) is 6.18. The molecule has 1 N–H and O–H groups in total. The molecule has 0 aliphatic carbocycles. The standard InChI is InChI=1S/C26H28ClN3O3/c1-32-23-13-12-20(18-21(23)27)28-26(31)25(19-8-4-3-5-9-19)30-16-14-29(15-17-30)22-10-6-7-11-24(22)33-2/h3-13,18,25H,14-17H2,1-2H3,(H,28,31)/t25-/m1/s1. The van der Waals surface area contributed by atoms with Gasteiger partial charge in [-0.1, -0.05) is 54.1 Å². The summed E-state index contributed by atoms with van der Waals surface area (Å²) in [6, 6.07) is 22.8. The van der Waals surface area contributed by atoms with Crippen molar-refractivity contribution in [2.75, 3.05) is 50.6 Å². The molecule has 33 heavy (non-hydrogen) atoms. The Morgan fingerprint density at radius 1 is 0.879 bits per heavy atom. The zero-order valence-electron chi connectivity index (χ0n) is 18.8. The zero-order chi connectivity index (χ0) is 23.2. The molecular formula is C26H28ClN3O3. The molecule has 7 heteroatoms. The molecule has 3 aromatic carbocycles. The largest absolute Gasteiger partial charge is 0.495 e. The second kappa shape index (κ2) is 10.6. The van der Waals surface area contributed by atoms with Gasteiger partial charge in [-0.25, -0.2) is 0 Å². The van der Waals surface area contributed by atoms with Crippen LogP contribution in [0.25, 0.3) is 0 Å². The summed E-state index contributed by atoms with van der Waals surface area (Å²) >= 11 is 6.25. The monoisotopic (exact) mass is 465 g/mol. The van der Waals surface area contributed by atoms with Crippen molar-refractivity contribution in [3.8, 4) is 11.5 Å². The molecule has 0 bridgehead atoms. The number of para-hydroxylation sites is 2. The minimum atomic E-state index is -0.410. The van der Waals surface area contributed by atoms with Crippen molar-refractivity contribution in [3.63, 3.8) is 0 Å². The molecule has 1 aliphatic heterocycles. The van der Waals surface area contributed by atoms with Crippen molar-refractivity contribution >= 4 is 28.9 Å². The first-order valence-electron chi connectivity index (χ1n) is 10.9. The SMILES string of the molecule is COc1ccc(NC(=O)[C@@H](c2ccccc2)N2CCN(c3ccccc3OC)CC2)cc1Cl. The highest BCUT2D eigenvalue weighted by molar-refractivity contribution is 6.32. The van der Waals surface area contributed by atoms with E-state index in [-0.39, 0.29) is 5.91 Å². The first-order chi connectivity index (χ1) is 16.1. The number of carbonyl (C=O) groups is 1. The molecule has 1 aliphatic rings. The number of ether oxygens (including phenoxy) is 2. The van der Waals surface area contributed by atoms with E-state index in [1.165, 1.54) is 0 Å². The van der Waals surface area contributed by atoms with E-state index in [1.54, 1.807) is 32.4 Å². The molecule has 1 saturated heterocycles. The summed E-state index contributed by atoms with van der Waals surface area (Å²) in [6.45, 7) is 3.08. The minimum Gasteiger partial charge on any atom is -0.495 e. The van der Waals surface area contributed by atoms with Gasteiger partial charge < -0.3 is 19.7 Å². The predicted octanol–water partition coefficient (Wildman–Crippen LogP) is 4.86. The number of carbonyl (C=O) groups excluding carboxylic acids is 1. The number of nitrogens with zero attached hydrogens (tertiary/aromatic N) is 2. The first-order valence-corrected chi connectivity index (χ1v) is 11.3. The Morgan fingerprint density at radius 3 is 2.21 bits per heavy atom. The molecule has 1 amide bonds. The number of benzene rings is 3. The summed E-state index contributed by atoms with van der Waals surface area (Å²) < 4.78 is 10.7. The molecule has 1 atom stereocenters. The summed E-state index contributed by atoms with van der Waals surface area (Å²) in [5, 5.41) is 3.49. The maximum atomic E-state index is 13.5. The fourth-order valence-corrected chi connectivity index (χ4v) is 4.49. The van der Waals surface area contributed by atoms with E-state index in [9.17, 15) is 4.79 Å². The van der Waals surface area contributed by atoms with Crippen molar-refractivity contribution in [3.05, 3.63) is 83.4 Å². The topological polar surface area (TPSA) is 54.0 Å². The molecule has 1 heterocycles. The Kier molecular flexibility index (Phi) is 7.37. The second-order valence-corrected chi connectivity index (χ2v) is 8.25. The van der Waals surface area contributed by atoms with E-state index in [0.29, 0.717) is 16.5 Å². The van der Waals surface area contributed by atoms with Crippen LogP contribution in [-0.4, -0.2) is 51.2 Å². The smallest absolute Gasteiger partial charge is 0.246 e. The maximum Gasteiger partial charge on any atom is 0.246 e. The van der Waals surface area contributed by atoms with E-state index in [4.69, 9.17) is 21.1 Å². The van der Waals surface area contributed by atoms with E-state index in [2.05, 4.69) is 21.2 Å². The molecule has 3 aromatic rings. The number of piperazine rings is 1. The number of amides is 1. The molecule has 6 nitrogen and oxygen atoms in total. The normalized spacial score (nSPS) is 15.1. The lowest BCUT2D eigenvalue weighted by atomic mass is 10.0. The third-order valence-electron chi connectivity index (χ3n) is 5.89. The van der Waals surface area contributed by atoms with Gasteiger partial charge in [-0.15, -0.1) is 0 Å². The lowest BCUT2D eigenvalue weighted by Crippen LogP contribution is -2.50. The summed E-state index contributed by atoms with van der Waals surface area (Å²) in [5.41, 5.74) is 2.67. The van der Waals surface area contributed by atoms with Crippen LogP contribution in [0.15, 0.2) is 72.8 Å². The van der Waals surface area contributed by atoms with E-state index in [0.717, 1.165) is 43.2 Å². The van der Waals surface area contributed by atoms with Crippen LogP contribution in [-0.2, 0) is 4.79 Å². The minimum absolute atomic E-state index is 0.0897. The highest BCUT2D eigenvalue weighted by atomic mass is 35.5. The molecule has 0 spiro atoms. The van der Waals surface area contributed by atoms with Crippen molar-refractivity contribution in [1.82, 2.24) is 4.90 Å². The number of rotatable bonds is 7. The number of hydrogen-bond donors (Lipinski definition) is 1. The Bertz CT molecular complexity index is 1090. The van der Waals surface area contributed by atoms with E-state index < -0.39 is 6.04 Å². The fraction of sp³-hybridized carbons (Fsp3) is 0.269. The third kappa shape index (κ3) is 5.24.